The number of nitrogens with zero attached hydrogens (tertiary/aromatic N) is 3. The Morgan fingerprint density at radius 3 is 2.26 bits per heavy atom. The zero-order chi connectivity index (χ0) is 28.3. The first-order valence-corrected chi connectivity index (χ1v) is 14.0. The summed E-state index contributed by atoms with van der Waals surface area (Å²) < 4.78 is 6.89. The van der Waals surface area contributed by atoms with E-state index in [4.69, 9.17) is 4.74 Å². The largest absolute Gasteiger partial charge is 0.394 e. The number of benzene rings is 1. The van der Waals surface area contributed by atoms with E-state index in [0.717, 1.165) is 5.56 Å². The molecule has 1 spiro atoms. The Morgan fingerprint density at radius 1 is 0.974 bits per heavy atom. The third-order valence-electron chi connectivity index (χ3n) is 8.92. The van der Waals surface area contributed by atoms with Gasteiger partial charge in [-0.1, -0.05) is 68.5 Å². The van der Waals surface area contributed by atoms with E-state index in [0.29, 0.717) is 19.6 Å². The van der Waals surface area contributed by atoms with Crippen molar-refractivity contribution in [3.05, 3.63) is 60.2 Å². The molecule has 8 nitrogen and oxygen atoms in total. The summed E-state index contributed by atoms with van der Waals surface area (Å²) in [5, 5.41) is 10.4. The highest BCUT2D eigenvalue weighted by atomic mass is 16.5. The monoisotopic (exact) mass is 535 g/mol. The molecular formula is C31H41N3O5. The molecule has 1 aromatic rings. The van der Waals surface area contributed by atoms with E-state index in [-0.39, 0.29) is 30.2 Å². The van der Waals surface area contributed by atoms with Crippen molar-refractivity contribution < 1.29 is 24.2 Å². The second-order valence-electron chi connectivity index (χ2n) is 12.9. The van der Waals surface area contributed by atoms with Crippen LogP contribution in [0.15, 0.2) is 54.6 Å². The maximum atomic E-state index is 14.5. The van der Waals surface area contributed by atoms with Gasteiger partial charge in [-0.15, -0.1) is 0 Å². The van der Waals surface area contributed by atoms with E-state index in [2.05, 4.69) is 0 Å². The Bertz CT molecular complexity index is 1200. The highest BCUT2D eigenvalue weighted by Crippen LogP contribution is 2.58. The van der Waals surface area contributed by atoms with Crippen LogP contribution in [-0.2, 0) is 25.7 Å². The molecule has 39 heavy (non-hydrogen) atoms. The fraction of sp³-hybridized carbons (Fsp3) is 0.581. The minimum absolute atomic E-state index is 0.108. The Balaban J connectivity index is 1.64. The highest BCUT2D eigenvalue weighted by molar-refractivity contribution is 6.00. The van der Waals surface area contributed by atoms with Crippen molar-refractivity contribution in [2.24, 2.45) is 17.8 Å². The first-order valence-electron chi connectivity index (χ1n) is 14.0. The van der Waals surface area contributed by atoms with E-state index in [9.17, 15) is 19.5 Å². The predicted octanol–water partition coefficient (Wildman–Crippen LogP) is 2.77. The first-order chi connectivity index (χ1) is 18.4. The molecule has 4 aliphatic heterocycles. The van der Waals surface area contributed by atoms with E-state index >= 15 is 0 Å². The number of aliphatic hydroxyl groups is 1. The summed E-state index contributed by atoms with van der Waals surface area (Å²) >= 11 is 0. The number of rotatable bonds is 5. The fourth-order valence-corrected chi connectivity index (χ4v) is 7.04. The van der Waals surface area contributed by atoms with Crippen LogP contribution in [-0.4, -0.2) is 86.0 Å². The number of aliphatic hydroxyl groups excluding tert-OH is 1. The number of hydrogen-bond acceptors (Lipinski definition) is 5. The van der Waals surface area contributed by atoms with Crippen LogP contribution in [0.25, 0.3) is 0 Å². The standard InChI is InChI=1S/C31H41N3O5/c1-20(2)22(19-35)34-25-28(38)33(29(3,4)5)17-11-15-31(25)24(27(34)37)23-26(36)32(16-10-14-30(23,6)39-31)18-21-12-8-7-9-13-21/h7-15,20,22-25,35H,16-19H2,1-6H3/t22-,23-,24-,25?,30+,31-/m0/s1. The summed E-state index contributed by atoms with van der Waals surface area (Å²) in [7, 11) is 0. The smallest absolute Gasteiger partial charge is 0.249 e. The molecule has 1 N–H and O–H groups in total. The van der Waals surface area contributed by atoms with Gasteiger partial charge in [-0.3, -0.25) is 14.4 Å². The van der Waals surface area contributed by atoms with Crippen molar-refractivity contribution >= 4 is 17.7 Å². The molecule has 2 fully saturated rings. The third-order valence-corrected chi connectivity index (χ3v) is 8.92. The predicted molar refractivity (Wildman–Crippen MR) is 147 cm³/mol. The van der Waals surface area contributed by atoms with Crippen LogP contribution in [0, 0.1) is 17.8 Å². The van der Waals surface area contributed by atoms with Crippen molar-refractivity contribution in [2.75, 3.05) is 19.7 Å². The van der Waals surface area contributed by atoms with Gasteiger partial charge in [-0.05, 0) is 39.2 Å². The van der Waals surface area contributed by atoms with E-state index in [1.54, 1.807) is 14.7 Å². The molecule has 5 rings (SSSR count). The Kier molecular flexibility index (Phi) is 6.79. The molecule has 0 radical (unpaired) electrons. The molecule has 0 aromatic heterocycles. The van der Waals surface area contributed by atoms with Crippen LogP contribution in [0.4, 0.5) is 0 Å². The minimum atomic E-state index is -1.33. The lowest BCUT2D eigenvalue weighted by Gasteiger charge is -2.43. The van der Waals surface area contributed by atoms with Crippen LogP contribution >= 0.6 is 0 Å². The molecule has 6 atom stereocenters. The van der Waals surface area contributed by atoms with Gasteiger partial charge in [0.25, 0.3) is 0 Å². The van der Waals surface area contributed by atoms with Crippen molar-refractivity contribution in [1.82, 2.24) is 14.7 Å². The van der Waals surface area contributed by atoms with Gasteiger partial charge >= 0.3 is 0 Å². The molecular weight excluding hydrogens is 494 g/mol. The van der Waals surface area contributed by atoms with Crippen LogP contribution in [0.1, 0.15) is 47.1 Å². The molecule has 210 valence electrons. The van der Waals surface area contributed by atoms with Gasteiger partial charge in [-0.2, -0.15) is 0 Å². The van der Waals surface area contributed by atoms with Crippen LogP contribution in [0.2, 0.25) is 0 Å². The average molecular weight is 536 g/mol. The summed E-state index contributed by atoms with van der Waals surface area (Å²) in [6.45, 7) is 12.5. The van der Waals surface area contributed by atoms with Gasteiger partial charge in [0.1, 0.15) is 11.6 Å². The minimum Gasteiger partial charge on any atom is -0.394 e. The van der Waals surface area contributed by atoms with Crippen molar-refractivity contribution in [3.8, 4) is 0 Å². The SMILES string of the molecule is CC(C)[C@H](CO)N1C(=O)[C@@H]2[C@H]3C(=O)N(Cc4ccccc4)CC=C[C@@]3(C)O[C@@]23C=CCN(C(C)(C)C)C(=O)C13. The fourth-order valence-electron chi connectivity index (χ4n) is 7.04. The van der Waals surface area contributed by atoms with Crippen molar-refractivity contribution in [2.45, 2.75) is 76.9 Å². The second kappa shape index (κ2) is 9.59. The number of hydrogen-bond donors (Lipinski definition) is 1. The summed E-state index contributed by atoms with van der Waals surface area (Å²) in [6, 6.07) is 8.21. The Labute approximate surface area is 231 Å². The molecule has 4 aliphatic rings. The number of ether oxygens (including phenoxy) is 1. The van der Waals surface area contributed by atoms with Gasteiger partial charge in [0.05, 0.1) is 30.1 Å². The zero-order valence-corrected chi connectivity index (χ0v) is 23.8. The van der Waals surface area contributed by atoms with Crippen LogP contribution < -0.4 is 0 Å². The second-order valence-corrected chi connectivity index (χ2v) is 12.9. The lowest BCUT2D eigenvalue weighted by molar-refractivity contribution is -0.159. The number of carbonyl (C=O) groups excluding carboxylic acids is 3. The maximum absolute atomic E-state index is 14.5. The zero-order valence-electron chi connectivity index (χ0n) is 23.8. The topological polar surface area (TPSA) is 90.4 Å². The van der Waals surface area contributed by atoms with Gasteiger partial charge in [0.15, 0.2) is 0 Å². The first kappa shape index (κ1) is 27.6. The summed E-state index contributed by atoms with van der Waals surface area (Å²) in [4.78, 5) is 48.3. The molecule has 0 saturated carbocycles. The number of amides is 3. The van der Waals surface area contributed by atoms with E-state index in [1.807, 2.05) is 96.2 Å². The average Bonchev–Trinajstić information content (AvgIpc) is 3.13. The van der Waals surface area contributed by atoms with Gasteiger partial charge in [0.2, 0.25) is 17.7 Å². The molecule has 4 heterocycles. The van der Waals surface area contributed by atoms with Crippen molar-refractivity contribution in [1.29, 1.82) is 0 Å². The lowest BCUT2D eigenvalue weighted by Crippen LogP contribution is -2.61. The number of fused-ring (bicyclic) bond motifs is 2. The number of likely N-dealkylation sites (tertiary alicyclic amines) is 1. The molecule has 8 heteroatoms. The lowest BCUT2D eigenvalue weighted by atomic mass is 9.74. The molecule has 2 saturated heterocycles. The Morgan fingerprint density at radius 2 is 1.64 bits per heavy atom. The van der Waals surface area contributed by atoms with Gasteiger partial charge in [-0.25, -0.2) is 0 Å². The molecule has 1 aromatic carbocycles. The number of carbonyl (C=O) groups is 3. The van der Waals surface area contributed by atoms with Gasteiger partial charge < -0.3 is 24.5 Å². The maximum Gasteiger partial charge on any atom is 0.249 e. The summed E-state index contributed by atoms with van der Waals surface area (Å²) in [5.74, 6) is -2.51. The van der Waals surface area contributed by atoms with Crippen LogP contribution in [0.3, 0.4) is 0 Å². The van der Waals surface area contributed by atoms with E-state index < -0.39 is 40.7 Å². The quantitative estimate of drug-likeness (QED) is 0.586. The third kappa shape index (κ3) is 4.23. The van der Waals surface area contributed by atoms with Gasteiger partial charge in [0, 0.05) is 25.2 Å². The molecule has 1 unspecified atom stereocenters. The molecule has 0 bridgehead atoms. The Hall–Kier alpha value is -2.97. The van der Waals surface area contributed by atoms with Crippen LogP contribution in [0.5, 0.6) is 0 Å². The highest BCUT2D eigenvalue weighted by Gasteiger charge is 2.75. The summed E-state index contributed by atoms with van der Waals surface area (Å²) in [5.41, 5.74) is -1.90. The normalized spacial score (nSPS) is 33.3. The van der Waals surface area contributed by atoms with E-state index in [1.165, 1.54) is 0 Å². The molecule has 3 amide bonds. The molecule has 0 aliphatic carbocycles. The van der Waals surface area contributed by atoms with Crippen molar-refractivity contribution in [3.63, 3.8) is 0 Å². The summed E-state index contributed by atoms with van der Waals surface area (Å²) in [6.07, 6.45) is 7.60.